The Kier molecular flexibility index (Phi) is 8.40. The van der Waals surface area contributed by atoms with E-state index in [0.29, 0.717) is 0 Å². The number of nitrogens with one attached hydrogen (secondary N) is 2. The van der Waals surface area contributed by atoms with Gasteiger partial charge < -0.3 is 5.32 Å². The SMILES string of the molecule is CCCCCC/C(=N/NC(=O)CNc1cccc(C)c1)c1ccccc1. The number of rotatable bonds is 10. The molecule has 0 bridgehead atoms. The third-order valence-corrected chi connectivity index (χ3v) is 4.16. The molecule has 138 valence electrons. The summed E-state index contributed by atoms with van der Waals surface area (Å²) in [5.74, 6) is -0.145. The average Bonchev–Trinajstić information content (AvgIpc) is 2.66. The number of carbonyl (C=O) groups is 1. The molecule has 0 aromatic heterocycles. The molecule has 4 nitrogen and oxygen atoms in total. The van der Waals surface area contributed by atoms with Gasteiger partial charge in [-0.05, 0) is 43.0 Å². The van der Waals surface area contributed by atoms with Crippen LogP contribution < -0.4 is 10.7 Å². The van der Waals surface area contributed by atoms with Gasteiger partial charge in [-0.15, -0.1) is 0 Å². The van der Waals surface area contributed by atoms with E-state index in [1.807, 2.05) is 61.5 Å². The molecule has 0 atom stereocenters. The fraction of sp³-hybridized carbons (Fsp3) is 0.364. The smallest absolute Gasteiger partial charge is 0.259 e. The van der Waals surface area contributed by atoms with E-state index < -0.39 is 0 Å². The Morgan fingerprint density at radius 2 is 1.81 bits per heavy atom. The van der Waals surface area contributed by atoms with E-state index in [0.717, 1.165) is 35.4 Å². The van der Waals surface area contributed by atoms with Gasteiger partial charge in [0, 0.05) is 5.69 Å². The molecule has 0 spiro atoms. The number of carbonyl (C=O) groups excluding carboxylic acids is 1. The molecule has 2 rings (SSSR count). The van der Waals surface area contributed by atoms with Gasteiger partial charge in [0.05, 0.1) is 12.3 Å². The van der Waals surface area contributed by atoms with Crippen molar-refractivity contribution >= 4 is 17.3 Å². The molecule has 26 heavy (non-hydrogen) atoms. The van der Waals surface area contributed by atoms with Crippen LogP contribution in [0.15, 0.2) is 59.7 Å². The van der Waals surface area contributed by atoms with Crippen molar-refractivity contribution in [3.8, 4) is 0 Å². The van der Waals surface area contributed by atoms with E-state index in [4.69, 9.17) is 0 Å². The van der Waals surface area contributed by atoms with E-state index in [1.165, 1.54) is 19.3 Å². The largest absolute Gasteiger partial charge is 0.376 e. The van der Waals surface area contributed by atoms with Crippen LogP contribution in [0.5, 0.6) is 0 Å². The Morgan fingerprint density at radius 3 is 2.54 bits per heavy atom. The lowest BCUT2D eigenvalue weighted by Crippen LogP contribution is -2.27. The topological polar surface area (TPSA) is 53.5 Å². The second-order valence-electron chi connectivity index (χ2n) is 6.49. The molecule has 0 unspecified atom stereocenters. The van der Waals surface area contributed by atoms with E-state index in [-0.39, 0.29) is 12.5 Å². The van der Waals surface area contributed by atoms with E-state index >= 15 is 0 Å². The first kappa shape index (κ1) is 19.7. The van der Waals surface area contributed by atoms with Crippen LogP contribution in [0.4, 0.5) is 5.69 Å². The third-order valence-electron chi connectivity index (χ3n) is 4.16. The standard InChI is InChI=1S/C22H29N3O/c1-3-4-5-9-15-21(19-12-7-6-8-13-19)24-25-22(26)17-23-20-14-10-11-18(2)16-20/h6-8,10-14,16,23H,3-5,9,15,17H2,1-2H3,(H,25,26)/b24-21-. The van der Waals surface area contributed by atoms with Gasteiger partial charge in [-0.1, -0.05) is 68.7 Å². The number of hydrazone groups is 1. The number of amides is 1. The molecule has 0 aliphatic rings. The van der Waals surface area contributed by atoms with Gasteiger partial charge in [0.2, 0.25) is 0 Å². The minimum atomic E-state index is -0.145. The van der Waals surface area contributed by atoms with Crippen molar-refractivity contribution in [2.75, 3.05) is 11.9 Å². The van der Waals surface area contributed by atoms with Crippen LogP contribution >= 0.6 is 0 Å². The lowest BCUT2D eigenvalue weighted by atomic mass is 10.0. The van der Waals surface area contributed by atoms with Gasteiger partial charge in [0.1, 0.15) is 0 Å². The number of unbranched alkanes of at least 4 members (excludes halogenated alkanes) is 3. The van der Waals surface area contributed by atoms with E-state index in [9.17, 15) is 4.79 Å². The number of benzene rings is 2. The van der Waals surface area contributed by atoms with E-state index in [1.54, 1.807) is 0 Å². The summed E-state index contributed by atoms with van der Waals surface area (Å²) in [7, 11) is 0. The highest BCUT2D eigenvalue weighted by Gasteiger charge is 2.06. The quantitative estimate of drug-likeness (QED) is 0.363. The van der Waals surface area contributed by atoms with Crippen molar-refractivity contribution < 1.29 is 4.79 Å². The Labute approximate surface area is 156 Å². The van der Waals surface area contributed by atoms with Crippen molar-refractivity contribution in [3.63, 3.8) is 0 Å². The van der Waals surface area contributed by atoms with E-state index in [2.05, 4.69) is 22.8 Å². The number of anilines is 1. The second-order valence-corrected chi connectivity index (χ2v) is 6.49. The highest BCUT2D eigenvalue weighted by atomic mass is 16.2. The lowest BCUT2D eigenvalue weighted by molar-refractivity contribution is -0.119. The zero-order valence-corrected chi connectivity index (χ0v) is 15.8. The number of hydrogen-bond donors (Lipinski definition) is 2. The summed E-state index contributed by atoms with van der Waals surface area (Å²) in [6, 6.07) is 18.0. The molecule has 0 fully saturated rings. The Bertz CT molecular complexity index is 710. The number of nitrogens with zero attached hydrogens (tertiary/aromatic N) is 1. The Hall–Kier alpha value is -2.62. The zero-order chi connectivity index (χ0) is 18.6. The maximum Gasteiger partial charge on any atom is 0.259 e. The first-order valence-electron chi connectivity index (χ1n) is 9.40. The molecule has 2 aromatic rings. The summed E-state index contributed by atoms with van der Waals surface area (Å²) in [6.07, 6.45) is 5.58. The fourth-order valence-electron chi connectivity index (χ4n) is 2.72. The molecule has 2 aromatic carbocycles. The van der Waals surface area contributed by atoms with Crippen LogP contribution in [0.3, 0.4) is 0 Å². The molecule has 0 aliphatic heterocycles. The van der Waals surface area contributed by atoms with Gasteiger partial charge in [-0.25, -0.2) is 5.43 Å². The highest BCUT2D eigenvalue weighted by molar-refractivity contribution is 6.01. The normalized spacial score (nSPS) is 11.2. The van der Waals surface area contributed by atoms with Crippen LogP contribution in [0.25, 0.3) is 0 Å². The highest BCUT2D eigenvalue weighted by Crippen LogP contribution is 2.11. The minimum Gasteiger partial charge on any atom is -0.376 e. The van der Waals surface area contributed by atoms with Gasteiger partial charge in [0.25, 0.3) is 5.91 Å². The number of aryl methyl sites for hydroxylation is 1. The predicted molar refractivity (Wildman–Crippen MR) is 110 cm³/mol. The summed E-state index contributed by atoms with van der Waals surface area (Å²) < 4.78 is 0. The van der Waals surface area contributed by atoms with Gasteiger partial charge in [-0.3, -0.25) is 4.79 Å². The molecule has 0 saturated carbocycles. The number of hydrogen-bond acceptors (Lipinski definition) is 3. The monoisotopic (exact) mass is 351 g/mol. The van der Waals surface area contributed by atoms with Crippen molar-refractivity contribution in [2.24, 2.45) is 5.10 Å². The molecule has 0 aliphatic carbocycles. The summed E-state index contributed by atoms with van der Waals surface area (Å²) >= 11 is 0. The molecule has 2 N–H and O–H groups in total. The Balaban J connectivity index is 1.91. The van der Waals surface area contributed by atoms with Crippen molar-refractivity contribution in [1.82, 2.24) is 5.43 Å². The average molecular weight is 351 g/mol. The summed E-state index contributed by atoms with van der Waals surface area (Å²) in [4.78, 5) is 12.1. The molecule has 0 heterocycles. The summed E-state index contributed by atoms with van der Waals surface area (Å²) in [5, 5.41) is 7.53. The van der Waals surface area contributed by atoms with Crippen LogP contribution in [0.1, 0.15) is 50.2 Å². The molecule has 1 amide bonds. The van der Waals surface area contributed by atoms with Crippen molar-refractivity contribution in [1.29, 1.82) is 0 Å². The zero-order valence-electron chi connectivity index (χ0n) is 15.8. The fourth-order valence-corrected chi connectivity index (χ4v) is 2.72. The van der Waals surface area contributed by atoms with Crippen LogP contribution in [-0.2, 0) is 4.79 Å². The molecule has 4 heteroatoms. The molecular weight excluding hydrogens is 322 g/mol. The third kappa shape index (κ3) is 7.09. The van der Waals surface area contributed by atoms with Gasteiger partial charge >= 0.3 is 0 Å². The maximum atomic E-state index is 12.1. The molecule has 0 saturated heterocycles. The Morgan fingerprint density at radius 1 is 1.00 bits per heavy atom. The van der Waals surface area contributed by atoms with Crippen molar-refractivity contribution in [3.05, 3.63) is 65.7 Å². The maximum absolute atomic E-state index is 12.1. The van der Waals surface area contributed by atoms with Crippen LogP contribution in [-0.4, -0.2) is 18.2 Å². The summed E-state index contributed by atoms with van der Waals surface area (Å²) in [6.45, 7) is 4.43. The van der Waals surface area contributed by atoms with Crippen LogP contribution in [0.2, 0.25) is 0 Å². The van der Waals surface area contributed by atoms with Crippen LogP contribution in [0, 0.1) is 6.92 Å². The lowest BCUT2D eigenvalue weighted by Gasteiger charge is -2.09. The predicted octanol–water partition coefficient (Wildman–Crippen LogP) is 4.90. The van der Waals surface area contributed by atoms with Crippen molar-refractivity contribution in [2.45, 2.75) is 46.0 Å². The first-order chi connectivity index (χ1) is 12.7. The minimum absolute atomic E-state index is 0.145. The molecule has 0 radical (unpaired) electrons. The summed E-state index contributed by atoms with van der Waals surface area (Å²) in [5.41, 5.74) is 6.79. The van der Waals surface area contributed by atoms with Gasteiger partial charge in [0.15, 0.2) is 0 Å². The van der Waals surface area contributed by atoms with Gasteiger partial charge in [-0.2, -0.15) is 5.10 Å². The second kappa shape index (κ2) is 11.1. The first-order valence-corrected chi connectivity index (χ1v) is 9.40. The molecular formula is C22H29N3O.